The summed E-state index contributed by atoms with van der Waals surface area (Å²) in [4.78, 5) is 7.99. The van der Waals surface area contributed by atoms with E-state index in [2.05, 4.69) is 22.2 Å². The highest BCUT2D eigenvalue weighted by atomic mass is 35.5. The molecule has 2 atom stereocenters. The maximum absolute atomic E-state index is 5.83. The number of aromatic nitrogens is 2. The van der Waals surface area contributed by atoms with Crippen LogP contribution < -0.4 is 11.1 Å². The largest absolute Gasteiger partial charge is 0.394 e. The molecule has 1 heterocycles. The molecule has 17 heavy (non-hydrogen) atoms. The Kier molecular flexibility index (Phi) is 4.05. The van der Waals surface area contributed by atoms with Crippen molar-refractivity contribution in [2.24, 2.45) is 5.92 Å². The van der Waals surface area contributed by atoms with Crippen LogP contribution in [0.15, 0.2) is 6.20 Å². The molecule has 5 heteroatoms. The molecule has 1 aromatic rings. The van der Waals surface area contributed by atoms with Gasteiger partial charge in [-0.1, -0.05) is 26.2 Å². The van der Waals surface area contributed by atoms with Gasteiger partial charge in [0, 0.05) is 6.04 Å². The fourth-order valence-corrected chi connectivity index (χ4v) is 2.60. The van der Waals surface area contributed by atoms with Gasteiger partial charge >= 0.3 is 0 Å². The van der Waals surface area contributed by atoms with Crippen molar-refractivity contribution < 1.29 is 0 Å². The fourth-order valence-electron chi connectivity index (χ4n) is 2.47. The topological polar surface area (TPSA) is 63.8 Å². The monoisotopic (exact) mass is 254 g/mol. The lowest BCUT2D eigenvalue weighted by Crippen LogP contribution is -2.28. The molecule has 0 spiro atoms. The van der Waals surface area contributed by atoms with E-state index in [1.165, 1.54) is 32.1 Å². The second kappa shape index (κ2) is 5.54. The number of nitrogens with two attached hydrogens (primary N) is 1. The van der Waals surface area contributed by atoms with Gasteiger partial charge in [-0.2, -0.15) is 4.98 Å². The van der Waals surface area contributed by atoms with Crippen LogP contribution in [0, 0.1) is 5.92 Å². The van der Waals surface area contributed by atoms with Crippen molar-refractivity contribution in [3.8, 4) is 0 Å². The van der Waals surface area contributed by atoms with Crippen LogP contribution in [0.1, 0.15) is 39.0 Å². The molecule has 0 radical (unpaired) electrons. The summed E-state index contributed by atoms with van der Waals surface area (Å²) >= 11 is 5.77. The third-order valence-electron chi connectivity index (χ3n) is 3.49. The van der Waals surface area contributed by atoms with E-state index in [1.807, 2.05) is 0 Å². The summed E-state index contributed by atoms with van der Waals surface area (Å²) in [7, 11) is 0. The highest BCUT2D eigenvalue weighted by Gasteiger charge is 2.21. The first-order valence-corrected chi connectivity index (χ1v) is 6.61. The number of halogens is 1. The van der Waals surface area contributed by atoms with Gasteiger partial charge in [-0.15, -0.1) is 0 Å². The van der Waals surface area contributed by atoms with E-state index in [-0.39, 0.29) is 5.28 Å². The third kappa shape index (κ3) is 3.22. The zero-order valence-electron chi connectivity index (χ0n) is 10.1. The molecule has 4 nitrogen and oxygen atoms in total. The first-order chi connectivity index (χ1) is 8.19. The van der Waals surface area contributed by atoms with Crippen LogP contribution in [0.5, 0.6) is 0 Å². The van der Waals surface area contributed by atoms with Gasteiger partial charge < -0.3 is 11.1 Å². The lowest BCUT2D eigenvalue weighted by molar-refractivity contribution is 0.327. The average molecular weight is 255 g/mol. The summed E-state index contributed by atoms with van der Waals surface area (Å²) in [5.41, 5.74) is 6.39. The van der Waals surface area contributed by atoms with Crippen molar-refractivity contribution in [2.45, 2.75) is 45.1 Å². The predicted molar refractivity (Wildman–Crippen MR) is 71.1 cm³/mol. The molecule has 1 aliphatic rings. The van der Waals surface area contributed by atoms with E-state index < -0.39 is 0 Å². The Labute approximate surface area is 107 Å². The minimum absolute atomic E-state index is 0.240. The van der Waals surface area contributed by atoms with Crippen LogP contribution in [0.4, 0.5) is 11.5 Å². The number of rotatable bonds is 3. The van der Waals surface area contributed by atoms with Gasteiger partial charge in [-0.25, -0.2) is 4.98 Å². The minimum Gasteiger partial charge on any atom is -0.394 e. The van der Waals surface area contributed by atoms with E-state index in [1.54, 1.807) is 6.20 Å². The molecular weight excluding hydrogens is 236 g/mol. The minimum atomic E-state index is 0.240. The van der Waals surface area contributed by atoms with Gasteiger partial charge in [0.15, 0.2) is 5.82 Å². The first-order valence-electron chi connectivity index (χ1n) is 6.23. The van der Waals surface area contributed by atoms with Crippen LogP contribution in [0.25, 0.3) is 0 Å². The van der Waals surface area contributed by atoms with E-state index in [9.17, 15) is 0 Å². The Morgan fingerprint density at radius 3 is 3.12 bits per heavy atom. The molecule has 1 aromatic heterocycles. The maximum Gasteiger partial charge on any atom is 0.224 e. The Hall–Kier alpha value is -1.03. The summed E-state index contributed by atoms with van der Waals surface area (Å²) in [6, 6.07) is 0.460. The molecule has 3 N–H and O–H groups in total. The summed E-state index contributed by atoms with van der Waals surface area (Å²) < 4.78 is 0. The van der Waals surface area contributed by atoms with E-state index in [4.69, 9.17) is 17.3 Å². The maximum atomic E-state index is 5.83. The molecule has 0 aliphatic heterocycles. The smallest absolute Gasteiger partial charge is 0.224 e. The Morgan fingerprint density at radius 1 is 1.53 bits per heavy atom. The van der Waals surface area contributed by atoms with Gasteiger partial charge in [-0.05, 0) is 30.4 Å². The second-order valence-electron chi connectivity index (χ2n) is 4.73. The summed E-state index contributed by atoms with van der Waals surface area (Å²) in [5.74, 6) is 1.49. The molecule has 0 amide bonds. The van der Waals surface area contributed by atoms with Crippen molar-refractivity contribution in [2.75, 3.05) is 11.1 Å². The number of nitrogens with one attached hydrogen (secondary N) is 1. The van der Waals surface area contributed by atoms with Crippen LogP contribution in [0.2, 0.25) is 5.28 Å². The zero-order chi connectivity index (χ0) is 12.3. The number of nitrogen functional groups attached to an aromatic ring is 1. The van der Waals surface area contributed by atoms with Crippen LogP contribution in [-0.4, -0.2) is 16.0 Å². The molecule has 0 saturated heterocycles. The average Bonchev–Trinajstić information content (AvgIpc) is 2.34. The molecule has 1 aliphatic carbocycles. The molecular formula is C12H19ClN4. The van der Waals surface area contributed by atoms with Crippen molar-refractivity contribution in [3.63, 3.8) is 0 Å². The number of nitrogens with zero attached hydrogens (tertiary/aromatic N) is 2. The standard InChI is InChI=1S/C12H19ClN4/c1-2-8-4-3-5-9(6-8)16-11-10(14)7-15-12(13)17-11/h7-9H,2-6,14H2,1H3,(H,15,16,17). The lowest BCUT2D eigenvalue weighted by Gasteiger charge is -2.29. The molecule has 0 aromatic carbocycles. The summed E-state index contributed by atoms with van der Waals surface area (Å²) in [6.45, 7) is 2.25. The van der Waals surface area contributed by atoms with Crippen LogP contribution in [-0.2, 0) is 0 Å². The van der Waals surface area contributed by atoms with E-state index in [0.717, 1.165) is 5.92 Å². The quantitative estimate of drug-likeness (QED) is 0.814. The van der Waals surface area contributed by atoms with Crippen molar-refractivity contribution >= 4 is 23.1 Å². The Balaban J connectivity index is 2.02. The normalized spacial score (nSPS) is 24.6. The molecule has 94 valence electrons. The third-order valence-corrected chi connectivity index (χ3v) is 3.67. The van der Waals surface area contributed by atoms with Gasteiger partial charge in [-0.3, -0.25) is 0 Å². The second-order valence-corrected chi connectivity index (χ2v) is 5.06. The SMILES string of the molecule is CCC1CCCC(Nc2nc(Cl)ncc2N)C1. The van der Waals surface area contributed by atoms with Gasteiger partial charge in [0.05, 0.1) is 11.9 Å². The molecule has 1 fully saturated rings. The van der Waals surface area contributed by atoms with Crippen molar-refractivity contribution in [1.29, 1.82) is 0 Å². The highest BCUT2D eigenvalue weighted by molar-refractivity contribution is 6.28. The van der Waals surface area contributed by atoms with Gasteiger partial charge in [0.25, 0.3) is 0 Å². The Morgan fingerprint density at radius 2 is 2.35 bits per heavy atom. The first kappa shape index (κ1) is 12.4. The lowest BCUT2D eigenvalue weighted by atomic mass is 9.84. The number of hydrogen-bond donors (Lipinski definition) is 2. The van der Waals surface area contributed by atoms with Crippen LogP contribution >= 0.6 is 11.6 Å². The molecule has 1 saturated carbocycles. The van der Waals surface area contributed by atoms with Crippen molar-refractivity contribution in [1.82, 2.24) is 9.97 Å². The molecule has 0 bridgehead atoms. The van der Waals surface area contributed by atoms with Gasteiger partial charge in [0.2, 0.25) is 5.28 Å². The number of hydrogen-bond acceptors (Lipinski definition) is 4. The predicted octanol–water partition coefficient (Wildman–Crippen LogP) is 3.09. The van der Waals surface area contributed by atoms with Crippen LogP contribution in [0.3, 0.4) is 0 Å². The molecule has 2 rings (SSSR count). The van der Waals surface area contributed by atoms with E-state index in [0.29, 0.717) is 17.5 Å². The molecule has 2 unspecified atom stereocenters. The summed E-state index contributed by atoms with van der Waals surface area (Å²) in [6.07, 6.45) is 7.79. The number of anilines is 2. The fraction of sp³-hybridized carbons (Fsp3) is 0.667. The summed E-state index contributed by atoms with van der Waals surface area (Å²) in [5, 5.41) is 3.63. The zero-order valence-corrected chi connectivity index (χ0v) is 10.9. The van der Waals surface area contributed by atoms with Gasteiger partial charge in [0.1, 0.15) is 0 Å². The Bertz CT molecular complexity index is 383. The van der Waals surface area contributed by atoms with Crippen molar-refractivity contribution in [3.05, 3.63) is 11.5 Å². The highest BCUT2D eigenvalue weighted by Crippen LogP contribution is 2.29. The van der Waals surface area contributed by atoms with E-state index >= 15 is 0 Å².